The summed E-state index contributed by atoms with van der Waals surface area (Å²) in [7, 11) is 0. The van der Waals surface area contributed by atoms with Gasteiger partial charge in [-0.3, -0.25) is 0 Å². The molecule has 0 atom stereocenters. The van der Waals surface area contributed by atoms with Gasteiger partial charge in [-0.05, 0) is 79.2 Å². The van der Waals surface area contributed by atoms with Gasteiger partial charge in [-0.15, -0.1) is 36.2 Å². The average molecular weight is 601 g/mol. The molecule has 12 heteroatoms. The third-order valence-corrected chi connectivity index (χ3v) is 7.12. The van der Waals surface area contributed by atoms with E-state index in [4.69, 9.17) is 4.74 Å². The van der Waals surface area contributed by atoms with Gasteiger partial charge in [0.25, 0.3) is 0 Å². The number of aryl methyl sites for hydroxylation is 1. The molecule has 1 N–H and O–H groups in total. The molecule has 210 valence electrons. The van der Waals surface area contributed by atoms with Crippen LogP contribution in [0.15, 0.2) is 42.6 Å². The van der Waals surface area contributed by atoms with E-state index in [1.165, 1.54) is 0 Å². The molecule has 0 aliphatic carbocycles. The monoisotopic (exact) mass is 600 g/mol. The predicted octanol–water partition coefficient (Wildman–Crippen LogP) is 8.11. The van der Waals surface area contributed by atoms with Crippen molar-refractivity contribution < 1.29 is 31.1 Å². The molecule has 2 aromatic carbocycles. The molecule has 0 spiro atoms. The number of aromatic nitrogens is 1. The molecule has 2 heterocycles. The Bertz CT molecular complexity index is 1160. The van der Waals surface area contributed by atoms with Gasteiger partial charge < -0.3 is 10.1 Å². The smallest absolute Gasteiger partial charge is 0.372 e. The van der Waals surface area contributed by atoms with E-state index in [0.717, 1.165) is 52.5 Å². The zero-order chi connectivity index (χ0) is 25.9. The molecule has 38 heavy (non-hydrogen) atoms. The highest BCUT2D eigenvalue weighted by atomic mass is 35.5. The number of piperidine rings is 1. The Balaban J connectivity index is 0.00000253. The molecule has 4 rings (SSSR count). The van der Waals surface area contributed by atoms with Crippen molar-refractivity contribution >= 4 is 36.2 Å². The Hall–Kier alpha value is -1.85. The van der Waals surface area contributed by atoms with Crippen LogP contribution in [0.1, 0.15) is 62.0 Å². The maximum absolute atomic E-state index is 13.2. The van der Waals surface area contributed by atoms with Crippen LogP contribution in [0, 0.1) is 6.92 Å². The predicted molar refractivity (Wildman–Crippen MR) is 140 cm³/mol. The van der Waals surface area contributed by atoms with Crippen molar-refractivity contribution in [2.24, 2.45) is 0 Å². The van der Waals surface area contributed by atoms with Crippen LogP contribution in [-0.4, -0.2) is 18.1 Å². The topological polar surface area (TPSA) is 34.2 Å². The van der Waals surface area contributed by atoms with Gasteiger partial charge in [0.05, 0.1) is 29.3 Å². The molecule has 3 aromatic rings. The maximum atomic E-state index is 13.2. The van der Waals surface area contributed by atoms with Crippen LogP contribution in [0.25, 0.3) is 0 Å². The first-order valence-electron chi connectivity index (χ1n) is 11.6. The lowest BCUT2D eigenvalue weighted by atomic mass is 9.86. The summed E-state index contributed by atoms with van der Waals surface area (Å²) in [5.41, 5.74) is 0.218. The number of ether oxygens (including phenoxy) is 1. The van der Waals surface area contributed by atoms with Crippen LogP contribution in [0.5, 0.6) is 0 Å². The van der Waals surface area contributed by atoms with Crippen molar-refractivity contribution in [1.29, 1.82) is 0 Å². The van der Waals surface area contributed by atoms with Gasteiger partial charge in [0.1, 0.15) is 0 Å². The lowest BCUT2D eigenvalue weighted by Crippen LogP contribution is -2.27. The minimum absolute atomic E-state index is 0. The number of alkyl halides is 6. The van der Waals surface area contributed by atoms with Gasteiger partial charge in [0, 0.05) is 17.5 Å². The van der Waals surface area contributed by atoms with Crippen molar-refractivity contribution in [2.45, 2.75) is 57.7 Å². The van der Waals surface area contributed by atoms with Crippen LogP contribution >= 0.6 is 36.2 Å². The van der Waals surface area contributed by atoms with E-state index >= 15 is 0 Å². The zero-order valence-corrected chi connectivity index (χ0v) is 22.9. The summed E-state index contributed by atoms with van der Waals surface area (Å²) in [6, 6.07) is 7.72. The zero-order valence-electron chi connectivity index (χ0n) is 20.4. The summed E-state index contributed by atoms with van der Waals surface area (Å²) in [5.74, 6) is 0.315. The molecule has 0 amide bonds. The van der Waals surface area contributed by atoms with Crippen LogP contribution in [-0.2, 0) is 36.7 Å². The van der Waals surface area contributed by atoms with Crippen molar-refractivity contribution in [3.63, 3.8) is 0 Å². The molecule has 1 aliphatic rings. The number of rotatable bonds is 7. The van der Waals surface area contributed by atoms with Gasteiger partial charge in [-0.25, -0.2) is 4.98 Å². The molecule has 3 nitrogen and oxygen atoms in total. The summed E-state index contributed by atoms with van der Waals surface area (Å²) in [4.78, 5) is 5.39. The van der Waals surface area contributed by atoms with E-state index in [-0.39, 0.29) is 49.7 Å². The highest BCUT2D eigenvalue weighted by molar-refractivity contribution is 7.11. The second-order valence-corrected chi connectivity index (χ2v) is 10.3. The minimum Gasteiger partial charge on any atom is -0.372 e. The van der Waals surface area contributed by atoms with E-state index < -0.39 is 23.5 Å². The summed E-state index contributed by atoms with van der Waals surface area (Å²) in [6.45, 7) is 3.43. The molecule has 1 saturated heterocycles. The third kappa shape index (κ3) is 8.58. The van der Waals surface area contributed by atoms with E-state index in [9.17, 15) is 26.3 Å². The normalized spacial score (nSPS) is 14.6. The van der Waals surface area contributed by atoms with E-state index in [0.29, 0.717) is 24.5 Å². The number of benzene rings is 2. The number of thiazole rings is 1. The third-order valence-electron chi connectivity index (χ3n) is 6.21. The molecule has 1 fully saturated rings. The minimum atomic E-state index is -4.89. The number of hydrogen-bond donors (Lipinski definition) is 1. The highest BCUT2D eigenvalue weighted by Gasteiger charge is 2.36. The average Bonchev–Trinajstić information content (AvgIpc) is 3.23. The van der Waals surface area contributed by atoms with Gasteiger partial charge in [-0.2, -0.15) is 26.3 Å². The van der Waals surface area contributed by atoms with Crippen LogP contribution in [0.2, 0.25) is 0 Å². The lowest BCUT2D eigenvalue weighted by Gasteiger charge is -2.25. The summed E-state index contributed by atoms with van der Waals surface area (Å²) >= 11 is 1.61. The van der Waals surface area contributed by atoms with Gasteiger partial charge >= 0.3 is 12.4 Å². The Morgan fingerprint density at radius 3 is 2.08 bits per heavy atom. The van der Waals surface area contributed by atoms with Crippen LogP contribution in [0.4, 0.5) is 26.3 Å². The second-order valence-electron chi connectivity index (χ2n) is 8.99. The van der Waals surface area contributed by atoms with E-state index in [2.05, 4.69) is 22.4 Å². The molecule has 1 aromatic heterocycles. The van der Waals surface area contributed by atoms with Gasteiger partial charge in [0.2, 0.25) is 0 Å². The number of nitrogens with zero attached hydrogens (tertiary/aromatic N) is 1. The molecule has 1 aliphatic heterocycles. The number of hydrogen-bond acceptors (Lipinski definition) is 4. The molecule has 0 bridgehead atoms. The quantitative estimate of drug-likeness (QED) is 0.278. The Labute approximate surface area is 233 Å². The molecule has 0 unspecified atom stereocenters. The Morgan fingerprint density at radius 2 is 1.53 bits per heavy atom. The molecule has 0 radical (unpaired) electrons. The molecule has 0 saturated carbocycles. The second kappa shape index (κ2) is 13.5. The van der Waals surface area contributed by atoms with Crippen LogP contribution < -0.4 is 5.32 Å². The maximum Gasteiger partial charge on any atom is 0.416 e. The number of nitrogens with one attached hydrogen (secondary N) is 1. The number of halogens is 8. The molecular formula is C26H28Cl2F6N2OS. The standard InChI is InChI=1S/C26H26F6N2OS.2ClH/c1-16-34-13-23(36-16)11-17-2-3-24(19-4-6-33-7-5-19)20(8-17)15-35-14-18-9-21(25(27,28)29)12-22(10-18)26(30,31)32;;/h2-3,8-10,12-13,19,33H,4-7,11,14-15H2,1H3;2*1H. The Kier molecular flexibility index (Phi) is 11.5. The van der Waals surface area contributed by atoms with Crippen molar-refractivity contribution in [3.05, 3.63) is 85.9 Å². The first kappa shape index (κ1) is 32.4. The van der Waals surface area contributed by atoms with E-state index in [1.54, 1.807) is 11.3 Å². The lowest BCUT2D eigenvalue weighted by molar-refractivity contribution is -0.143. The van der Waals surface area contributed by atoms with E-state index in [1.807, 2.05) is 19.2 Å². The van der Waals surface area contributed by atoms with Crippen molar-refractivity contribution in [3.8, 4) is 0 Å². The van der Waals surface area contributed by atoms with Crippen LogP contribution in [0.3, 0.4) is 0 Å². The fraction of sp³-hybridized carbons (Fsp3) is 0.423. The fourth-order valence-corrected chi connectivity index (χ4v) is 5.32. The first-order chi connectivity index (χ1) is 17.0. The molecular weight excluding hydrogens is 573 g/mol. The highest BCUT2D eigenvalue weighted by Crippen LogP contribution is 2.37. The Morgan fingerprint density at radius 1 is 0.895 bits per heavy atom. The van der Waals surface area contributed by atoms with Gasteiger partial charge in [-0.1, -0.05) is 18.2 Å². The van der Waals surface area contributed by atoms with Crippen molar-refractivity contribution in [1.82, 2.24) is 10.3 Å². The van der Waals surface area contributed by atoms with Crippen molar-refractivity contribution in [2.75, 3.05) is 13.1 Å². The van der Waals surface area contributed by atoms with Gasteiger partial charge in [0.15, 0.2) is 0 Å². The summed E-state index contributed by atoms with van der Waals surface area (Å²) < 4.78 is 84.9. The first-order valence-corrected chi connectivity index (χ1v) is 12.4. The summed E-state index contributed by atoms with van der Waals surface area (Å²) in [5, 5.41) is 4.30. The SMILES string of the molecule is Cc1ncc(Cc2ccc(C3CCNCC3)c(COCc3cc(C(F)(F)F)cc(C(F)(F)F)c3)c2)s1.Cl.Cl. The fourth-order valence-electron chi connectivity index (χ4n) is 4.49. The summed E-state index contributed by atoms with van der Waals surface area (Å²) in [6.07, 6.45) is -5.36. The largest absolute Gasteiger partial charge is 0.416 e.